The third-order valence-corrected chi connectivity index (χ3v) is 2.43. The van der Waals surface area contributed by atoms with Gasteiger partial charge in [0.1, 0.15) is 0 Å². The number of rotatable bonds is 4. The highest BCUT2D eigenvalue weighted by atomic mass is 16.7. The highest BCUT2D eigenvalue weighted by Gasteiger charge is 2.27. The van der Waals surface area contributed by atoms with E-state index in [2.05, 4.69) is 6.07 Å². The van der Waals surface area contributed by atoms with Crippen LogP contribution in [0, 0.1) is 11.3 Å². The number of nitriles is 1. The summed E-state index contributed by atoms with van der Waals surface area (Å²) in [5.74, 6) is 0. The number of benzene rings is 1. The fourth-order valence-electron chi connectivity index (χ4n) is 1.60. The second-order valence-electron chi connectivity index (χ2n) is 3.63. The smallest absolute Gasteiger partial charge is 0.197 e. The molecule has 1 fully saturated rings. The minimum Gasteiger partial charge on any atom is -0.346 e. The first-order chi connectivity index (χ1) is 8.31. The maximum atomic E-state index is 9.06. The van der Waals surface area contributed by atoms with Crippen molar-refractivity contribution < 1.29 is 14.2 Å². The Kier molecular flexibility index (Phi) is 4.07. The van der Waals surface area contributed by atoms with E-state index in [1.807, 2.05) is 30.3 Å². The third kappa shape index (κ3) is 3.02. The number of nitrogens with two attached hydrogens (primary N) is 1. The van der Waals surface area contributed by atoms with Crippen molar-refractivity contribution in [3.8, 4) is 6.07 Å². The summed E-state index contributed by atoms with van der Waals surface area (Å²) in [6, 6.07) is 11.3. The van der Waals surface area contributed by atoms with E-state index in [-0.39, 0.29) is 0 Å². The molecule has 90 valence electrons. The van der Waals surface area contributed by atoms with Crippen LogP contribution >= 0.6 is 0 Å². The van der Waals surface area contributed by atoms with Crippen molar-refractivity contribution in [1.29, 1.82) is 5.26 Å². The van der Waals surface area contributed by atoms with Crippen molar-refractivity contribution in [1.82, 2.24) is 0 Å². The van der Waals surface area contributed by atoms with E-state index >= 15 is 0 Å². The Morgan fingerprint density at radius 2 is 1.94 bits per heavy atom. The Labute approximate surface area is 99.7 Å². The van der Waals surface area contributed by atoms with Gasteiger partial charge in [-0.15, -0.1) is 0 Å². The van der Waals surface area contributed by atoms with Crippen molar-refractivity contribution in [2.45, 2.75) is 18.6 Å². The zero-order chi connectivity index (χ0) is 12.1. The Morgan fingerprint density at radius 3 is 2.53 bits per heavy atom. The molecule has 0 radical (unpaired) electrons. The highest BCUT2D eigenvalue weighted by Crippen LogP contribution is 2.19. The van der Waals surface area contributed by atoms with E-state index in [1.54, 1.807) is 0 Å². The lowest BCUT2D eigenvalue weighted by Gasteiger charge is -2.21. The van der Waals surface area contributed by atoms with Gasteiger partial charge in [-0.1, -0.05) is 30.3 Å². The summed E-state index contributed by atoms with van der Waals surface area (Å²) < 4.78 is 15.9. The van der Waals surface area contributed by atoms with Crippen LogP contribution in [0.5, 0.6) is 0 Å². The molecular weight excluding hydrogens is 220 g/mol. The lowest BCUT2D eigenvalue weighted by Crippen LogP contribution is -2.38. The van der Waals surface area contributed by atoms with Gasteiger partial charge in [0.15, 0.2) is 18.6 Å². The molecule has 1 aliphatic rings. The van der Waals surface area contributed by atoms with Crippen molar-refractivity contribution in [3.05, 3.63) is 35.9 Å². The van der Waals surface area contributed by atoms with Gasteiger partial charge in [-0.3, -0.25) is 0 Å². The zero-order valence-electron chi connectivity index (χ0n) is 9.28. The van der Waals surface area contributed by atoms with Gasteiger partial charge in [-0.05, 0) is 5.56 Å². The second kappa shape index (κ2) is 5.75. The van der Waals surface area contributed by atoms with E-state index in [0.717, 1.165) is 5.56 Å². The lowest BCUT2D eigenvalue weighted by atomic mass is 10.1. The summed E-state index contributed by atoms with van der Waals surface area (Å²) in [4.78, 5) is 0. The molecule has 2 N–H and O–H groups in total. The molecule has 1 saturated heterocycles. The summed E-state index contributed by atoms with van der Waals surface area (Å²) in [5.41, 5.74) is 6.54. The highest BCUT2D eigenvalue weighted by molar-refractivity contribution is 5.22. The first-order valence-corrected chi connectivity index (χ1v) is 5.40. The summed E-state index contributed by atoms with van der Waals surface area (Å²) >= 11 is 0. The molecule has 0 spiro atoms. The quantitative estimate of drug-likeness (QED) is 0.784. The SMILES string of the molecule is N#CC(OC(N)C1OCCO1)c1ccccc1. The average Bonchev–Trinajstić information content (AvgIpc) is 2.90. The van der Waals surface area contributed by atoms with Crippen molar-refractivity contribution >= 4 is 0 Å². The molecule has 0 aromatic heterocycles. The van der Waals surface area contributed by atoms with Crippen LogP contribution < -0.4 is 5.73 Å². The molecule has 0 amide bonds. The summed E-state index contributed by atoms with van der Waals surface area (Å²) in [6.07, 6.45) is -2.06. The second-order valence-corrected chi connectivity index (χ2v) is 3.63. The van der Waals surface area contributed by atoms with Gasteiger partial charge in [0.25, 0.3) is 0 Å². The average molecular weight is 234 g/mol. The molecule has 5 nitrogen and oxygen atoms in total. The van der Waals surface area contributed by atoms with Gasteiger partial charge in [0, 0.05) is 0 Å². The molecule has 17 heavy (non-hydrogen) atoms. The van der Waals surface area contributed by atoms with E-state index in [9.17, 15) is 0 Å². The van der Waals surface area contributed by atoms with Gasteiger partial charge < -0.3 is 19.9 Å². The van der Waals surface area contributed by atoms with E-state index in [4.69, 9.17) is 25.2 Å². The summed E-state index contributed by atoms with van der Waals surface area (Å²) in [5, 5.41) is 9.06. The normalized spacial score (nSPS) is 19.8. The molecule has 0 aliphatic carbocycles. The number of ether oxygens (including phenoxy) is 3. The lowest BCUT2D eigenvalue weighted by molar-refractivity contribution is -0.152. The van der Waals surface area contributed by atoms with Crippen LogP contribution in [0.15, 0.2) is 30.3 Å². The van der Waals surface area contributed by atoms with Gasteiger partial charge in [-0.2, -0.15) is 5.26 Å². The van der Waals surface area contributed by atoms with Gasteiger partial charge in [0.2, 0.25) is 0 Å². The largest absolute Gasteiger partial charge is 0.346 e. The maximum absolute atomic E-state index is 9.06. The number of hydrogen-bond acceptors (Lipinski definition) is 5. The standard InChI is InChI=1S/C12H14N2O3/c13-8-10(9-4-2-1-3-5-9)17-11(14)12-15-6-7-16-12/h1-5,10-12H,6-7,14H2. The number of nitrogens with zero attached hydrogens (tertiary/aromatic N) is 1. The summed E-state index contributed by atoms with van der Waals surface area (Å²) in [7, 11) is 0. The molecule has 2 unspecified atom stereocenters. The Hall–Kier alpha value is -1.45. The van der Waals surface area contributed by atoms with Crippen LogP contribution in [0.1, 0.15) is 11.7 Å². The Bertz CT molecular complexity index is 384. The predicted molar refractivity (Wildman–Crippen MR) is 59.5 cm³/mol. The topological polar surface area (TPSA) is 77.5 Å². The van der Waals surface area contributed by atoms with E-state index in [0.29, 0.717) is 13.2 Å². The molecule has 1 heterocycles. The fraction of sp³-hybridized carbons (Fsp3) is 0.417. The monoisotopic (exact) mass is 234 g/mol. The Balaban J connectivity index is 1.98. The molecule has 1 aromatic carbocycles. The zero-order valence-corrected chi connectivity index (χ0v) is 9.28. The van der Waals surface area contributed by atoms with Crippen LogP contribution in [-0.4, -0.2) is 25.7 Å². The maximum Gasteiger partial charge on any atom is 0.197 e. The predicted octanol–water partition coefficient (Wildman–Crippen LogP) is 0.926. The first kappa shape index (κ1) is 12.0. The molecule has 0 saturated carbocycles. The molecule has 5 heteroatoms. The van der Waals surface area contributed by atoms with Gasteiger partial charge in [-0.25, -0.2) is 0 Å². The fourth-order valence-corrected chi connectivity index (χ4v) is 1.60. The summed E-state index contributed by atoms with van der Waals surface area (Å²) in [6.45, 7) is 1.01. The van der Waals surface area contributed by atoms with Crippen molar-refractivity contribution in [3.63, 3.8) is 0 Å². The van der Waals surface area contributed by atoms with Gasteiger partial charge >= 0.3 is 0 Å². The molecular formula is C12H14N2O3. The van der Waals surface area contributed by atoms with Crippen LogP contribution in [0.25, 0.3) is 0 Å². The van der Waals surface area contributed by atoms with Crippen LogP contribution in [0.2, 0.25) is 0 Å². The molecule has 0 bridgehead atoms. The molecule has 2 rings (SSSR count). The van der Waals surface area contributed by atoms with Crippen LogP contribution in [0.3, 0.4) is 0 Å². The minimum absolute atomic E-state index is 0.504. The van der Waals surface area contributed by atoms with Gasteiger partial charge in [0.05, 0.1) is 19.3 Å². The third-order valence-electron chi connectivity index (χ3n) is 2.43. The molecule has 1 aliphatic heterocycles. The van der Waals surface area contributed by atoms with Crippen LogP contribution in [0.4, 0.5) is 0 Å². The number of hydrogen-bond donors (Lipinski definition) is 1. The van der Waals surface area contributed by atoms with Crippen LogP contribution in [-0.2, 0) is 14.2 Å². The van der Waals surface area contributed by atoms with E-state index < -0.39 is 18.6 Å². The Morgan fingerprint density at radius 1 is 1.29 bits per heavy atom. The minimum atomic E-state index is -0.762. The first-order valence-electron chi connectivity index (χ1n) is 5.40. The van der Waals surface area contributed by atoms with Crippen molar-refractivity contribution in [2.24, 2.45) is 5.73 Å². The van der Waals surface area contributed by atoms with E-state index in [1.165, 1.54) is 0 Å². The molecule has 1 aromatic rings. The molecule has 2 atom stereocenters. The van der Waals surface area contributed by atoms with Crippen molar-refractivity contribution in [2.75, 3.05) is 13.2 Å².